The standard InChI is InChI=1S/C22H27N5O2/c1-5-27(6-2)18-10-7-16(8-11-18)25-21-14-22(24-15-23-21)26-17-9-12-19(28-3)20(13-17)29-4/h7-15H,5-6H2,1-4H3,(H2,23,24,25,26). The number of hydrogen-bond donors (Lipinski definition) is 2. The molecule has 7 heteroatoms. The fraction of sp³-hybridized carbons (Fsp3) is 0.273. The number of anilines is 5. The van der Waals surface area contributed by atoms with Crippen molar-refractivity contribution in [3.8, 4) is 11.5 Å². The first-order valence-electron chi connectivity index (χ1n) is 9.60. The molecule has 0 bridgehead atoms. The van der Waals surface area contributed by atoms with Crippen molar-refractivity contribution >= 4 is 28.7 Å². The van der Waals surface area contributed by atoms with Gasteiger partial charge in [0.05, 0.1) is 14.2 Å². The molecule has 2 N–H and O–H groups in total. The van der Waals surface area contributed by atoms with E-state index >= 15 is 0 Å². The van der Waals surface area contributed by atoms with Crippen molar-refractivity contribution in [2.24, 2.45) is 0 Å². The Morgan fingerprint density at radius 1 is 0.759 bits per heavy atom. The van der Waals surface area contributed by atoms with Crippen LogP contribution in [0.1, 0.15) is 13.8 Å². The summed E-state index contributed by atoms with van der Waals surface area (Å²) in [5.41, 5.74) is 3.02. The highest BCUT2D eigenvalue weighted by atomic mass is 16.5. The number of rotatable bonds is 9. The molecule has 0 aliphatic carbocycles. The summed E-state index contributed by atoms with van der Waals surface area (Å²) in [7, 11) is 3.22. The van der Waals surface area contributed by atoms with E-state index in [1.165, 1.54) is 12.0 Å². The maximum absolute atomic E-state index is 5.35. The quantitative estimate of drug-likeness (QED) is 0.540. The van der Waals surface area contributed by atoms with Crippen molar-refractivity contribution in [3.63, 3.8) is 0 Å². The van der Waals surface area contributed by atoms with Crippen LogP contribution in [-0.4, -0.2) is 37.3 Å². The van der Waals surface area contributed by atoms with Crippen molar-refractivity contribution in [1.82, 2.24) is 9.97 Å². The Labute approximate surface area is 171 Å². The van der Waals surface area contributed by atoms with Crippen LogP contribution in [0.15, 0.2) is 54.9 Å². The van der Waals surface area contributed by atoms with E-state index < -0.39 is 0 Å². The molecule has 3 aromatic rings. The molecule has 29 heavy (non-hydrogen) atoms. The Hall–Kier alpha value is -3.48. The zero-order valence-electron chi connectivity index (χ0n) is 17.3. The van der Waals surface area contributed by atoms with Crippen molar-refractivity contribution in [2.75, 3.05) is 42.8 Å². The molecule has 152 valence electrons. The first-order chi connectivity index (χ1) is 14.2. The minimum Gasteiger partial charge on any atom is -0.493 e. The maximum atomic E-state index is 5.35. The minimum absolute atomic E-state index is 0.651. The predicted octanol–water partition coefficient (Wildman–Crippen LogP) is 4.83. The number of hydrogen-bond acceptors (Lipinski definition) is 7. The molecule has 3 rings (SSSR count). The predicted molar refractivity (Wildman–Crippen MR) is 118 cm³/mol. The molecular weight excluding hydrogens is 366 g/mol. The summed E-state index contributed by atoms with van der Waals surface area (Å²) in [6.45, 7) is 6.29. The van der Waals surface area contributed by atoms with Gasteiger partial charge in [-0.15, -0.1) is 0 Å². The highest BCUT2D eigenvalue weighted by Gasteiger charge is 2.07. The van der Waals surface area contributed by atoms with E-state index in [1.54, 1.807) is 14.2 Å². The molecule has 0 saturated carbocycles. The smallest absolute Gasteiger partial charge is 0.162 e. The topological polar surface area (TPSA) is 71.5 Å². The van der Waals surface area contributed by atoms with Gasteiger partial charge in [0.15, 0.2) is 11.5 Å². The second-order valence-corrected chi connectivity index (χ2v) is 6.33. The zero-order chi connectivity index (χ0) is 20.6. The average molecular weight is 393 g/mol. The SMILES string of the molecule is CCN(CC)c1ccc(Nc2cc(Nc3ccc(OC)c(OC)c3)ncn2)cc1. The van der Waals surface area contributed by atoms with E-state index in [0.717, 1.165) is 24.5 Å². The molecule has 2 aromatic carbocycles. The van der Waals surface area contributed by atoms with Crippen LogP contribution in [-0.2, 0) is 0 Å². The van der Waals surface area contributed by atoms with Crippen molar-refractivity contribution in [3.05, 3.63) is 54.9 Å². The molecule has 7 nitrogen and oxygen atoms in total. The molecule has 0 aliphatic rings. The van der Waals surface area contributed by atoms with E-state index in [4.69, 9.17) is 9.47 Å². The van der Waals surface area contributed by atoms with Gasteiger partial charge in [-0.05, 0) is 50.2 Å². The molecule has 0 fully saturated rings. The Morgan fingerprint density at radius 2 is 1.34 bits per heavy atom. The fourth-order valence-corrected chi connectivity index (χ4v) is 3.05. The molecule has 0 spiro atoms. The van der Waals surface area contributed by atoms with Crippen molar-refractivity contribution in [2.45, 2.75) is 13.8 Å². The molecule has 1 aromatic heterocycles. The largest absolute Gasteiger partial charge is 0.493 e. The fourth-order valence-electron chi connectivity index (χ4n) is 3.05. The van der Waals surface area contributed by atoms with E-state index in [9.17, 15) is 0 Å². The van der Waals surface area contributed by atoms with Gasteiger partial charge in [-0.3, -0.25) is 0 Å². The number of ether oxygens (including phenoxy) is 2. The van der Waals surface area contributed by atoms with Crippen LogP contribution in [0.2, 0.25) is 0 Å². The normalized spacial score (nSPS) is 10.3. The third-order valence-electron chi connectivity index (χ3n) is 4.59. The lowest BCUT2D eigenvalue weighted by atomic mass is 10.2. The summed E-state index contributed by atoms with van der Waals surface area (Å²) in [4.78, 5) is 10.9. The third kappa shape index (κ3) is 5.07. The minimum atomic E-state index is 0.651. The molecule has 0 aliphatic heterocycles. The molecule has 0 amide bonds. The van der Waals surface area contributed by atoms with Gasteiger partial charge in [0.2, 0.25) is 0 Å². The molecule has 1 heterocycles. The van der Waals surface area contributed by atoms with Gasteiger partial charge < -0.3 is 25.0 Å². The molecular formula is C22H27N5O2. The number of nitrogens with one attached hydrogen (secondary N) is 2. The maximum Gasteiger partial charge on any atom is 0.162 e. The van der Waals surface area contributed by atoms with Gasteiger partial charge in [0, 0.05) is 42.3 Å². The van der Waals surface area contributed by atoms with Gasteiger partial charge in [-0.2, -0.15) is 0 Å². The van der Waals surface area contributed by atoms with Gasteiger partial charge in [0.1, 0.15) is 18.0 Å². The Balaban J connectivity index is 1.71. The number of aromatic nitrogens is 2. The highest BCUT2D eigenvalue weighted by molar-refractivity contribution is 5.66. The summed E-state index contributed by atoms with van der Waals surface area (Å²) in [5.74, 6) is 2.71. The van der Waals surface area contributed by atoms with Crippen LogP contribution >= 0.6 is 0 Å². The molecule has 0 atom stereocenters. The average Bonchev–Trinajstić information content (AvgIpc) is 2.76. The van der Waals surface area contributed by atoms with E-state index in [-0.39, 0.29) is 0 Å². The van der Waals surface area contributed by atoms with Gasteiger partial charge in [-0.1, -0.05) is 0 Å². The van der Waals surface area contributed by atoms with Crippen molar-refractivity contribution < 1.29 is 9.47 Å². The highest BCUT2D eigenvalue weighted by Crippen LogP contribution is 2.31. The Morgan fingerprint density at radius 3 is 1.93 bits per heavy atom. The summed E-state index contributed by atoms with van der Waals surface area (Å²) in [6.07, 6.45) is 1.52. The number of nitrogens with zero attached hydrogens (tertiary/aromatic N) is 3. The van der Waals surface area contributed by atoms with Crippen LogP contribution in [0.4, 0.5) is 28.7 Å². The van der Waals surface area contributed by atoms with E-state index in [1.807, 2.05) is 24.3 Å². The van der Waals surface area contributed by atoms with Gasteiger partial charge >= 0.3 is 0 Å². The Kier molecular flexibility index (Phi) is 6.73. The summed E-state index contributed by atoms with van der Waals surface area (Å²) in [6, 6.07) is 15.8. The monoisotopic (exact) mass is 393 g/mol. The zero-order valence-corrected chi connectivity index (χ0v) is 17.3. The Bertz CT molecular complexity index is 927. The van der Waals surface area contributed by atoms with E-state index in [0.29, 0.717) is 23.1 Å². The second kappa shape index (κ2) is 9.64. The van der Waals surface area contributed by atoms with Gasteiger partial charge in [-0.25, -0.2) is 9.97 Å². The number of benzene rings is 2. The number of methoxy groups -OCH3 is 2. The molecule has 0 unspecified atom stereocenters. The van der Waals surface area contributed by atoms with Crippen LogP contribution < -0.4 is 25.0 Å². The van der Waals surface area contributed by atoms with Crippen LogP contribution in [0, 0.1) is 0 Å². The first kappa shape index (κ1) is 20.3. The molecule has 0 radical (unpaired) electrons. The van der Waals surface area contributed by atoms with Gasteiger partial charge in [0.25, 0.3) is 0 Å². The van der Waals surface area contributed by atoms with Crippen molar-refractivity contribution in [1.29, 1.82) is 0 Å². The summed E-state index contributed by atoms with van der Waals surface area (Å²) in [5, 5.41) is 6.58. The molecule has 0 saturated heterocycles. The lowest BCUT2D eigenvalue weighted by Gasteiger charge is -2.21. The summed E-state index contributed by atoms with van der Waals surface area (Å²) >= 11 is 0. The lowest BCUT2D eigenvalue weighted by Crippen LogP contribution is -2.21. The van der Waals surface area contributed by atoms with Crippen LogP contribution in [0.25, 0.3) is 0 Å². The third-order valence-corrected chi connectivity index (χ3v) is 4.59. The van der Waals surface area contributed by atoms with Crippen LogP contribution in [0.5, 0.6) is 11.5 Å². The second-order valence-electron chi connectivity index (χ2n) is 6.33. The summed E-state index contributed by atoms with van der Waals surface area (Å²) < 4.78 is 10.6. The first-order valence-corrected chi connectivity index (χ1v) is 9.60. The van der Waals surface area contributed by atoms with E-state index in [2.05, 4.69) is 63.6 Å². The lowest BCUT2D eigenvalue weighted by molar-refractivity contribution is 0.355. The van der Waals surface area contributed by atoms with Crippen LogP contribution in [0.3, 0.4) is 0 Å².